The summed E-state index contributed by atoms with van der Waals surface area (Å²) in [6.07, 6.45) is -4.72. The number of carbonyl (C=O) groups is 1. The fraction of sp³-hybridized carbons (Fsp3) is 0.857. The lowest BCUT2D eigenvalue weighted by Crippen LogP contribution is -2.86. The number of alkyl halides is 6. The second-order valence-electron chi connectivity index (χ2n) is 3.93. The van der Waals surface area contributed by atoms with Gasteiger partial charge in [0.1, 0.15) is 0 Å². The molecule has 19 heavy (non-hydrogen) atoms. The van der Waals surface area contributed by atoms with Crippen molar-refractivity contribution in [1.82, 2.24) is 0 Å². The van der Waals surface area contributed by atoms with E-state index in [9.17, 15) is 31.1 Å². The largest absolute Gasteiger partial charge is 0.479 e. The van der Waals surface area contributed by atoms with Gasteiger partial charge in [0.15, 0.2) is 0 Å². The number of carboxylic acid groups (broad SMARTS) is 1. The Morgan fingerprint density at radius 3 is 1.58 bits per heavy atom. The molecule has 0 aromatic rings. The second kappa shape index (κ2) is 3.50. The zero-order valence-corrected chi connectivity index (χ0v) is 8.49. The van der Waals surface area contributed by atoms with E-state index in [0.29, 0.717) is 0 Å². The molecule has 1 aliphatic rings. The number of aliphatic carboxylic acids is 1. The predicted octanol–water partition coefficient (Wildman–Crippen LogP) is -1.24. The van der Waals surface area contributed by atoms with Crippen LogP contribution in [0.5, 0.6) is 0 Å². The third kappa shape index (κ3) is 1.34. The fourth-order valence-electron chi connectivity index (χ4n) is 1.54. The molecular formula is C7H6F6O6. The minimum absolute atomic E-state index is 3.31. The molecule has 6 nitrogen and oxygen atoms in total. The molecule has 5 N–H and O–H groups in total. The summed E-state index contributed by atoms with van der Waals surface area (Å²) < 4.78 is 78.9. The minimum atomic E-state index is -6.24. The van der Waals surface area contributed by atoms with E-state index in [1.54, 1.807) is 0 Å². The van der Waals surface area contributed by atoms with Gasteiger partial charge in [-0.25, -0.2) is 13.6 Å². The lowest BCUT2D eigenvalue weighted by atomic mass is 9.71. The Kier molecular flexibility index (Phi) is 2.94. The van der Waals surface area contributed by atoms with Gasteiger partial charge in [0.05, 0.1) is 0 Å². The summed E-state index contributed by atoms with van der Waals surface area (Å²) in [6.45, 7) is 0. The molecule has 1 saturated carbocycles. The molecule has 112 valence electrons. The molecule has 0 amide bonds. The van der Waals surface area contributed by atoms with E-state index in [1.165, 1.54) is 0 Å². The number of hydrogen-bond donors (Lipinski definition) is 5. The standard InChI is InChI=1S/C7H6F6O6/c8-1-3(16,2(14)15)5(10,11)7(13,19)6(12,18)4(1,9)17/h1,16-19H,(H,14,15)/t1?,3?,4-,6?,7-/m1/s1. The number of halogens is 6. The van der Waals surface area contributed by atoms with Gasteiger partial charge in [0, 0.05) is 0 Å². The second-order valence-corrected chi connectivity index (χ2v) is 3.93. The quantitative estimate of drug-likeness (QED) is 0.387. The Labute approximate surface area is 99.0 Å². The van der Waals surface area contributed by atoms with Crippen LogP contribution in [0.25, 0.3) is 0 Å². The van der Waals surface area contributed by atoms with Crippen molar-refractivity contribution in [2.75, 3.05) is 0 Å². The lowest BCUT2D eigenvalue weighted by molar-refractivity contribution is -0.493. The van der Waals surface area contributed by atoms with Crippen molar-refractivity contribution in [2.45, 2.75) is 35.3 Å². The maximum atomic E-state index is 13.2. The van der Waals surface area contributed by atoms with Gasteiger partial charge in [-0.2, -0.15) is 17.6 Å². The molecule has 1 rings (SSSR count). The van der Waals surface area contributed by atoms with E-state index in [-0.39, 0.29) is 0 Å². The highest BCUT2D eigenvalue weighted by molar-refractivity contribution is 5.81. The van der Waals surface area contributed by atoms with Crippen LogP contribution in [0.2, 0.25) is 0 Å². The Morgan fingerprint density at radius 2 is 1.26 bits per heavy atom. The fourth-order valence-corrected chi connectivity index (χ4v) is 1.54. The van der Waals surface area contributed by atoms with Crippen molar-refractivity contribution in [1.29, 1.82) is 0 Å². The highest BCUT2D eigenvalue weighted by Crippen LogP contribution is 2.59. The first-order chi connectivity index (χ1) is 8.10. The van der Waals surface area contributed by atoms with Gasteiger partial charge in [0.2, 0.25) is 6.17 Å². The van der Waals surface area contributed by atoms with Crippen molar-refractivity contribution in [3.8, 4) is 0 Å². The predicted molar refractivity (Wildman–Crippen MR) is 40.6 cm³/mol. The Balaban J connectivity index is 3.72. The van der Waals surface area contributed by atoms with Crippen molar-refractivity contribution < 1.29 is 56.7 Å². The molecule has 0 heterocycles. The molecule has 1 fully saturated rings. The van der Waals surface area contributed by atoms with Crippen molar-refractivity contribution in [3.63, 3.8) is 0 Å². The van der Waals surface area contributed by atoms with Crippen molar-refractivity contribution in [3.05, 3.63) is 0 Å². The molecule has 0 aromatic heterocycles. The first-order valence-electron chi connectivity index (χ1n) is 4.31. The number of rotatable bonds is 1. The molecule has 0 radical (unpaired) electrons. The van der Waals surface area contributed by atoms with E-state index >= 15 is 0 Å². The normalized spacial score (nSPS) is 53.9. The third-order valence-electron chi connectivity index (χ3n) is 2.83. The Morgan fingerprint density at radius 1 is 0.895 bits per heavy atom. The zero-order valence-electron chi connectivity index (χ0n) is 8.49. The molecule has 0 bridgehead atoms. The summed E-state index contributed by atoms with van der Waals surface area (Å²) in [5.41, 5.74) is -5.38. The lowest BCUT2D eigenvalue weighted by Gasteiger charge is -2.52. The van der Waals surface area contributed by atoms with Gasteiger partial charge in [-0.15, -0.1) is 0 Å². The van der Waals surface area contributed by atoms with Crippen molar-refractivity contribution in [2.24, 2.45) is 0 Å². The van der Waals surface area contributed by atoms with Crippen LogP contribution in [0.1, 0.15) is 0 Å². The molecule has 0 aliphatic heterocycles. The maximum Gasteiger partial charge on any atom is 0.353 e. The zero-order chi connectivity index (χ0) is 15.7. The molecular weight excluding hydrogens is 294 g/mol. The first-order valence-corrected chi connectivity index (χ1v) is 4.31. The Hall–Kier alpha value is -1.11. The van der Waals surface area contributed by atoms with Gasteiger partial charge in [0.25, 0.3) is 5.60 Å². The van der Waals surface area contributed by atoms with E-state index in [4.69, 9.17) is 25.5 Å². The highest BCUT2D eigenvalue weighted by atomic mass is 19.3. The average Bonchev–Trinajstić information content (AvgIpc) is 2.24. The van der Waals surface area contributed by atoms with Gasteiger partial charge >= 0.3 is 29.5 Å². The monoisotopic (exact) mass is 300 g/mol. The summed E-state index contributed by atoms with van der Waals surface area (Å²) in [6, 6.07) is 0. The molecule has 1 aliphatic carbocycles. The van der Waals surface area contributed by atoms with E-state index < -0.39 is 41.2 Å². The Bertz CT molecular complexity index is 422. The number of carboxylic acids is 1. The summed E-state index contributed by atoms with van der Waals surface area (Å²) in [4.78, 5) is 10.4. The van der Waals surface area contributed by atoms with Gasteiger partial charge < -0.3 is 25.5 Å². The highest BCUT2D eigenvalue weighted by Gasteiger charge is 2.93. The third-order valence-corrected chi connectivity index (χ3v) is 2.83. The van der Waals surface area contributed by atoms with Crippen LogP contribution in [0.15, 0.2) is 0 Å². The van der Waals surface area contributed by atoms with Crippen LogP contribution in [-0.2, 0) is 4.79 Å². The average molecular weight is 300 g/mol. The summed E-state index contributed by atoms with van der Waals surface area (Å²) in [7, 11) is 0. The number of aliphatic hydroxyl groups is 4. The van der Waals surface area contributed by atoms with Crippen molar-refractivity contribution >= 4 is 5.97 Å². The van der Waals surface area contributed by atoms with Crippen LogP contribution in [0.3, 0.4) is 0 Å². The van der Waals surface area contributed by atoms with Crippen LogP contribution >= 0.6 is 0 Å². The summed E-state index contributed by atoms with van der Waals surface area (Å²) in [5.74, 6) is -27.3. The minimum Gasteiger partial charge on any atom is -0.479 e. The van der Waals surface area contributed by atoms with Crippen LogP contribution in [-0.4, -0.2) is 66.8 Å². The SMILES string of the molecule is O=C(O)C1(O)C(F)[C@](O)(F)C(O)(F)[C@@](O)(F)C1(F)F. The molecule has 12 heteroatoms. The maximum absolute atomic E-state index is 13.2. The molecule has 0 aromatic carbocycles. The van der Waals surface area contributed by atoms with E-state index in [2.05, 4.69) is 0 Å². The molecule has 5 atom stereocenters. The van der Waals surface area contributed by atoms with Crippen LogP contribution in [0.4, 0.5) is 26.3 Å². The molecule has 0 saturated heterocycles. The van der Waals surface area contributed by atoms with Gasteiger partial charge in [-0.05, 0) is 0 Å². The van der Waals surface area contributed by atoms with E-state index in [0.717, 1.165) is 0 Å². The first kappa shape index (κ1) is 15.9. The smallest absolute Gasteiger partial charge is 0.353 e. The topological polar surface area (TPSA) is 118 Å². The van der Waals surface area contributed by atoms with Gasteiger partial charge in [-0.3, -0.25) is 0 Å². The number of hydrogen-bond acceptors (Lipinski definition) is 5. The van der Waals surface area contributed by atoms with E-state index in [1.807, 2.05) is 0 Å². The summed E-state index contributed by atoms with van der Waals surface area (Å²) >= 11 is 0. The van der Waals surface area contributed by atoms with Crippen LogP contribution < -0.4 is 0 Å². The van der Waals surface area contributed by atoms with Crippen LogP contribution in [0, 0.1) is 0 Å². The molecule has 0 spiro atoms. The van der Waals surface area contributed by atoms with Gasteiger partial charge in [-0.1, -0.05) is 0 Å². The molecule has 3 unspecified atom stereocenters. The summed E-state index contributed by atoms with van der Waals surface area (Å²) in [5, 5.41) is 42.4.